The molecule has 0 unspecified atom stereocenters. The second-order valence-electron chi connectivity index (χ2n) is 3.94. The van der Waals surface area contributed by atoms with E-state index in [2.05, 4.69) is 26.0 Å². The van der Waals surface area contributed by atoms with Gasteiger partial charge >= 0.3 is 0 Å². The number of nitrogens with zero attached hydrogens (tertiary/aromatic N) is 3. The van der Waals surface area contributed by atoms with Gasteiger partial charge in [0.15, 0.2) is 5.65 Å². The average Bonchev–Trinajstić information content (AvgIpc) is 2.78. The fourth-order valence-corrected chi connectivity index (χ4v) is 2.27. The monoisotopic (exact) mass is 337 g/mol. The lowest BCUT2D eigenvalue weighted by Gasteiger charge is -2.06. The van der Waals surface area contributed by atoms with Crippen LogP contribution in [-0.4, -0.2) is 14.6 Å². The molecular weight excluding hydrogens is 330 g/mol. The fraction of sp³-hybridized carbons (Fsp3) is 0.0769. The molecule has 19 heavy (non-hydrogen) atoms. The van der Waals surface area contributed by atoms with Gasteiger partial charge in [-0.25, -0.2) is 9.50 Å². The molecule has 0 aliphatic rings. The Labute approximate surface area is 123 Å². The topological polar surface area (TPSA) is 39.4 Å². The van der Waals surface area contributed by atoms with Crippen molar-refractivity contribution in [3.05, 3.63) is 57.8 Å². The van der Waals surface area contributed by atoms with Crippen LogP contribution < -0.4 is 4.74 Å². The van der Waals surface area contributed by atoms with Crippen LogP contribution in [0.1, 0.15) is 5.56 Å². The molecule has 0 saturated carbocycles. The number of rotatable bonds is 3. The predicted molar refractivity (Wildman–Crippen MR) is 76.5 cm³/mol. The Morgan fingerprint density at radius 1 is 1.26 bits per heavy atom. The molecule has 3 rings (SSSR count). The Morgan fingerprint density at radius 3 is 3.00 bits per heavy atom. The molecule has 0 aliphatic carbocycles. The molecule has 6 heteroatoms. The molecular formula is C13H9BrClN3O. The molecule has 0 saturated heterocycles. The average molecular weight is 339 g/mol. The summed E-state index contributed by atoms with van der Waals surface area (Å²) in [5.74, 6) is 0.533. The first kappa shape index (κ1) is 12.4. The Hall–Kier alpha value is -1.59. The van der Waals surface area contributed by atoms with E-state index in [0.717, 1.165) is 15.8 Å². The highest BCUT2D eigenvalue weighted by molar-refractivity contribution is 9.10. The summed E-state index contributed by atoms with van der Waals surface area (Å²) in [6.45, 7) is 0.422. The maximum atomic E-state index is 5.92. The van der Waals surface area contributed by atoms with Crippen molar-refractivity contribution in [3.63, 3.8) is 0 Å². The second kappa shape index (κ2) is 5.19. The van der Waals surface area contributed by atoms with Crippen LogP contribution in [0.3, 0.4) is 0 Å². The van der Waals surface area contributed by atoms with Gasteiger partial charge in [-0.15, -0.1) is 5.10 Å². The molecule has 0 amide bonds. The van der Waals surface area contributed by atoms with Crippen molar-refractivity contribution in [3.8, 4) is 5.88 Å². The molecule has 0 radical (unpaired) electrons. The van der Waals surface area contributed by atoms with E-state index < -0.39 is 0 Å². The summed E-state index contributed by atoms with van der Waals surface area (Å²) in [5.41, 5.74) is 1.76. The highest BCUT2D eigenvalue weighted by atomic mass is 79.9. The van der Waals surface area contributed by atoms with Crippen molar-refractivity contribution in [2.24, 2.45) is 0 Å². The van der Waals surface area contributed by atoms with Gasteiger partial charge in [0.25, 0.3) is 0 Å². The lowest BCUT2D eigenvalue weighted by Crippen LogP contribution is -2.00. The van der Waals surface area contributed by atoms with Gasteiger partial charge in [0.1, 0.15) is 11.2 Å². The number of fused-ring (bicyclic) bond motifs is 1. The van der Waals surface area contributed by atoms with Gasteiger partial charge in [-0.05, 0) is 39.7 Å². The summed E-state index contributed by atoms with van der Waals surface area (Å²) in [7, 11) is 0. The van der Waals surface area contributed by atoms with E-state index in [1.54, 1.807) is 16.8 Å². The van der Waals surface area contributed by atoms with E-state index in [4.69, 9.17) is 16.3 Å². The minimum absolute atomic E-state index is 0.422. The van der Waals surface area contributed by atoms with Gasteiger partial charge in [0, 0.05) is 11.1 Å². The van der Waals surface area contributed by atoms with Gasteiger partial charge in [-0.1, -0.05) is 23.7 Å². The third-order valence-corrected chi connectivity index (χ3v) is 3.35. The summed E-state index contributed by atoms with van der Waals surface area (Å²) < 4.78 is 8.10. The molecule has 3 aromatic rings. The summed E-state index contributed by atoms with van der Waals surface area (Å²) in [5, 5.41) is 5.02. The Bertz CT molecular complexity index is 729. The van der Waals surface area contributed by atoms with Crippen molar-refractivity contribution in [1.82, 2.24) is 14.6 Å². The number of halogens is 2. The SMILES string of the molecule is Clc1cccc(COc2ccc3ncc(Br)n3n2)c1. The van der Waals surface area contributed by atoms with Gasteiger partial charge in [-0.3, -0.25) is 0 Å². The summed E-state index contributed by atoms with van der Waals surface area (Å²) in [4.78, 5) is 4.17. The zero-order valence-electron chi connectivity index (χ0n) is 9.75. The lowest BCUT2D eigenvalue weighted by molar-refractivity contribution is 0.289. The van der Waals surface area contributed by atoms with Crippen LogP contribution in [0.5, 0.6) is 5.88 Å². The fourth-order valence-electron chi connectivity index (χ4n) is 1.69. The number of hydrogen-bond donors (Lipinski definition) is 0. The molecule has 0 atom stereocenters. The third-order valence-electron chi connectivity index (χ3n) is 2.57. The molecule has 0 fully saturated rings. The number of aromatic nitrogens is 3. The van der Waals surface area contributed by atoms with E-state index in [0.29, 0.717) is 17.5 Å². The van der Waals surface area contributed by atoms with Crippen LogP contribution in [0.2, 0.25) is 5.02 Å². The van der Waals surface area contributed by atoms with Gasteiger partial charge < -0.3 is 4.74 Å². The van der Waals surface area contributed by atoms with Crippen LogP contribution in [-0.2, 0) is 6.61 Å². The van der Waals surface area contributed by atoms with Crippen molar-refractivity contribution in [1.29, 1.82) is 0 Å². The van der Waals surface area contributed by atoms with E-state index in [9.17, 15) is 0 Å². The summed E-state index contributed by atoms with van der Waals surface area (Å²) >= 11 is 9.29. The largest absolute Gasteiger partial charge is 0.472 e. The van der Waals surface area contributed by atoms with E-state index in [1.165, 1.54) is 0 Å². The first-order valence-electron chi connectivity index (χ1n) is 5.60. The number of imidazole rings is 1. The molecule has 96 valence electrons. The molecule has 2 aromatic heterocycles. The molecule has 0 aliphatic heterocycles. The highest BCUT2D eigenvalue weighted by Gasteiger charge is 2.04. The van der Waals surface area contributed by atoms with E-state index in [-0.39, 0.29) is 0 Å². The van der Waals surface area contributed by atoms with Crippen molar-refractivity contribution >= 4 is 33.2 Å². The van der Waals surface area contributed by atoms with Crippen LogP contribution >= 0.6 is 27.5 Å². The molecule has 1 aromatic carbocycles. The maximum absolute atomic E-state index is 5.92. The van der Waals surface area contributed by atoms with Crippen molar-refractivity contribution in [2.45, 2.75) is 6.61 Å². The van der Waals surface area contributed by atoms with E-state index in [1.807, 2.05) is 30.3 Å². The predicted octanol–water partition coefficient (Wildman–Crippen LogP) is 3.72. The minimum Gasteiger partial charge on any atom is -0.472 e. The zero-order valence-corrected chi connectivity index (χ0v) is 12.1. The van der Waals surface area contributed by atoms with Crippen LogP contribution in [0.15, 0.2) is 47.2 Å². The number of ether oxygens (including phenoxy) is 1. The van der Waals surface area contributed by atoms with Gasteiger partial charge in [-0.2, -0.15) is 0 Å². The van der Waals surface area contributed by atoms with Crippen molar-refractivity contribution < 1.29 is 4.74 Å². The maximum Gasteiger partial charge on any atom is 0.232 e. The third kappa shape index (κ3) is 2.72. The zero-order chi connectivity index (χ0) is 13.2. The summed E-state index contributed by atoms with van der Waals surface area (Å²) in [6.07, 6.45) is 1.70. The Morgan fingerprint density at radius 2 is 2.16 bits per heavy atom. The Balaban J connectivity index is 1.79. The van der Waals surface area contributed by atoms with Gasteiger partial charge in [0.05, 0.1) is 6.20 Å². The second-order valence-corrected chi connectivity index (χ2v) is 5.19. The molecule has 2 heterocycles. The minimum atomic E-state index is 0.422. The first-order chi connectivity index (χ1) is 9.22. The lowest BCUT2D eigenvalue weighted by atomic mass is 10.2. The van der Waals surface area contributed by atoms with Crippen LogP contribution in [0.25, 0.3) is 5.65 Å². The molecule has 0 N–H and O–H groups in total. The van der Waals surface area contributed by atoms with Crippen LogP contribution in [0.4, 0.5) is 0 Å². The number of benzene rings is 1. The molecule has 4 nitrogen and oxygen atoms in total. The smallest absolute Gasteiger partial charge is 0.232 e. The standard InChI is InChI=1S/C13H9BrClN3O/c14-11-7-16-12-4-5-13(17-18(11)12)19-8-9-2-1-3-10(15)6-9/h1-7H,8H2. The molecule has 0 bridgehead atoms. The van der Waals surface area contributed by atoms with E-state index >= 15 is 0 Å². The Kier molecular flexibility index (Phi) is 3.40. The summed E-state index contributed by atoms with van der Waals surface area (Å²) in [6, 6.07) is 11.2. The molecule has 0 spiro atoms. The first-order valence-corrected chi connectivity index (χ1v) is 6.77. The number of hydrogen-bond acceptors (Lipinski definition) is 3. The van der Waals surface area contributed by atoms with Crippen LogP contribution in [0, 0.1) is 0 Å². The quantitative estimate of drug-likeness (QED) is 0.730. The van der Waals surface area contributed by atoms with Crippen molar-refractivity contribution in [2.75, 3.05) is 0 Å². The normalized spacial score (nSPS) is 10.8. The van der Waals surface area contributed by atoms with Gasteiger partial charge in [0.2, 0.25) is 5.88 Å². The highest BCUT2D eigenvalue weighted by Crippen LogP contribution is 2.16.